The second-order valence-electron chi connectivity index (χ2n) is 8.61. The van der Waals surface area contributed by atoms with Crippen molar-refractivity contribution < 1.29 is 23.4 Å². The van der Waals surface area contributed by atoms with Gasteiger partial charge in [0.25, 0.3) is 6.43 Å². The van der Waals surface area contributed by atoms with Gasteiger partial charge in [0, 0.05) is 49.5 Å². The highest BCUT2D eigenvalue weighted by atomic mass is 19.3. The Hall–Kier alpha value is -3.23. The van der Waals surface area contributed by atoms with E-state index in [4.69, 9.17) is 4.74 Å². The fourth-order valence-electron chi connectivity index (χ4n) is 4.14. The molecule has 178 valence electrons. The normalized spacial score (nSPS) is 18.3. The first-order chi connectivity index (χ1) is 16.3. The maximum atomic E-state index is 13.7. The maximum Gasteiger partial charge on any atom is 0.265 e. The van der Waals surface area contributed by atoms with Crippen molar-refractivity contribution >= 4 is 5.78 Å². The quantitative estimate of drug-likeness (QED) is 0.389. The molecule has 3 aromatic rings. The maximum absolute atomic E-state index is 13.7. The zero-order valence-electron chi connectivity index (χ0n) is 19.0. The first-order valence-electron chi connectivity index (χ1n) is 11.1. The van der Waals surface area contributed by atoms with Crippen LogP contribution in [0.4, 0.5) is 8.78 Å². The second kappa shape index (κ2) is 10.4. The zero-order chi connectivity index (χ0) is 24.2. The molecular weight excluding hydrogens is 440 g/mol. The van der Waals surface area contributed by atoms with Gasteiger partial charge in [0.05, 0.1) is 18.4 Å². The standard InChI is InChI=1S/C26H27F2N3O3/c1-16(21-15-34-10-8-24(21)32)11-25(33)23-13-19(20(14-29-23)26(27)28)12-17-3-5-18(6-4-17)22-7-9-31(2)30-22/h3-7,9,13-14,21,24,26,32H,1,8,10-12,15H2,2H3/t21?,24-/m0/s1. The minimum absolute atomic E-state index is 0.0235. The summed E-state index contributed by atoms with van der Waals surface area (Å²) in [6, 6.07) is 10.9. The van der Waals surface area contributed by atoms with E-state index in [1.807, 2.05) is 43.6 Å². The first-order valence-corrected chi connectivity index (χ1v) is 11.1. The van der Waals surface area contributed by atoms with E-state index in [0.29, 0.717) is 30.8 Å². The van der Waals surface area contributed by atoms with Crippen LogP contribution < -0.4 is 0 Å². The number of ketones is 1. The third-order valence-electron chi connectivity index (χ3n) is 6.13. The van der Waals surface area contributed by atoms with E-state index in [9.17, 15) is 18.7 Å². The van der Waals surface area contributed by atoms with Crippen LogP contribution in [-0.2, 0) is 18.2 Å². The molecule has 8 heteroatoms. The van der Waals surface area contributed by atoms with Gasteiger partial charge >= 0.3 is 0 Å². The van der Waals surface area contributed by atoms with E-state index in [0.717, 1.165) is 23.0 Å². The molecule has 1 aliphatic rings. The average molecular weight is 468 g/mol. The fourth-order valence-corrected chi connectivity index (χ4v) is 4.14. The van der Waals surface area contributed by atoms with Gasteiger partial charge in [0.15, 0.2) is 5.78 Å². The molecule has 2 atom stereocenters. The van der Waals surface area contributed by atoms with Gasteiger partial charge < -0.3 is 9.84 Å². The summed E-state index contributed by atoms with van der Waals surface area (Å²) in [4.78, 5) is 16.9. The van der Waals surface area contributed by atoms with Gasteiger partial charge in [-0.3, -0.25) is 14.5 Å². The minimum atomic E-state index is -2.70. The monoisotopic (exact) mass is 467 g/mol. The van der Waals surface area contributed by atoms with E-state index in [1.54, 1.807) is 4.68 Å². The van der Waals surface area contributed by atoms with Gasteiger partial charge in [0.2, 0.25) is 0 Å². The number of aliphatic hydroxyl groups excluding tert-OH is 1. The number of carbonyl (C=O) groups is 1. The molecule has 2 aromatic heterocycles. The third kappa shape index (κ3) is 5.46. The summed E-state index contributed by atoms with van der Waals surface area (Å²) < 4.78 is 34.4. The molecule has 0 aliphatic carbocycles. The first kappa shape index (κ1) is 23.9. The number of carbonyl (C=O) groups excluding carboxylic acids is 1. The number of alkyl halides is 2. The summed E-state index contributed by atoms with van der Waals surface area (Å²) in [6.45, 7) is 4.73. The number of pyridine rings is 1. The largest absolute Gasteiger partial charge is 0.392 e. The summed E-state index contributed by atoms with van der Waals surface area (Å²) >= 11 is 0. The molecule has 0 bridgehead atoms. The van der Waals surface area contributed by atoms with Crippen molar-refractivity contribution in [2.45, 2.75) is 31.8 Å². The number of Topliss-reactive ketones (excluding diaryl/α,β-unsaturated/α-hetero) is 1. The molecule has 1 fully saturated rings. The number of aryl methyl sites for hydroxylation is 1. The number of rotatable bonds is 8. The van der Waals surface area contributed by atoms with Gasteiger partial charge in [-0.25, -0.2) is 8.78 Å². The number of benzene rings is 1. The van der Waals surface area contributed by atoms with Crippen molar-refractivity contribution in [1.29, 1.82) is 0 Å². The number of ether oxygens (including phenoxy) is 1. The molecule has 3 heterocycles. The number of hydrogen-bond donors (Lipinski definition) is 1. The number of aromatic nitrogens is 3. The van der Waals surface area contributed by atoms with Crippen LogP contribution in [-0.4, -0.2) is 45.0 Å². The Kier molecular flexibility index (Phi) is 7.29. The number of aliphatic hydroxyl groups is 1. The Bertz CT molecular complexity index is 1170. The van der Waals surface area contributed by atoms with Crippen molar-refractivity contribution in [3.05, 3.63) is 83.3 Å². The predicted octanol–water partition coefficient (Wildman–Crippen LogP) is 4.54. The van der Waals surface area contributed by atoms with E-state index in [2.05, 4.69) is 16.7 Å². The fraction of sp³-hybridized carbons (Fsp3) is 0.346. The molecular formula is C26H27F2N3O3. The molecule has 0 saturated carbocycles. The minimum Gasteiger partial charge on any atom is -0.392 e. The molecule has 1 aliphatic heterocycles. The van der Waals surface area contributed by atoms with Gasteiger partial charge in [-0.15, -0.1) is 0 Å². The van der Waals surface area contributed by atoms with Crippen LogP contribution in [0.3, 0.4) is 0 Å². The number of nitrogens with zero attached hydrogens (tertiary/aromatic N) is 3. The van der Waals surface area contributed by atoms with E-state index in [-0.39, 0.29) is 35.8 Å². The Morgan fingerprint density at radius 2 is 2.06 bits per heavy atom. The molecule has 1 N–H and O–H groups in total. The van der Waals surface area contributed by atoms with E-state index < -0.39 is 12.5 Å². The Morgan fingerprint density at radius 3 is 2.71 bits per heavy atom. The summed E-state index contributed by atoms with van der Waals surface area (Å²) in [7, 11) is 1.84. The molecule has 6 nitrogen and oxygen atoms in total. The highest BCUT2D eigenvalue weighted by Gasteiger charge is 2.28. The lowest BCUT2D eigenvalue weighted by molar-refractivity contribution is -0.0222. The average Bonchev–Trinajstić information content (AvgIpc) is 3.25. The lowest BCUT2D eigenvalue weighted by Gasteiger charge is -2.29. The van der Waals surface area contributed by atoms with Crippen LogP contribution in [0.25, 0.3) is 11.3 Å². The highest BCUT2D eigenvalue weighted by Crippen LogP contribution is 2.28. The predicted molar refractivity (Wildman–Crippen MR) is 124 cm³/mol. The smallest absolute Gasteiger partial charge is 0.265 e. The van der Waals surface area contributed by atoms with Gasteiger partial charge in [0.1, 0.15) is 5.69 Å². The SMILES string of the molecule is C=C(CC(=O)c1cc(Cc2ccc(-c3ccn(C)n3)cc2)c(C(F)F)cn1)C1COCC[C@@H]1O. The molecule has 0 spiro atoms. The topological polar surface area (TPSA) is 77.2 Å². The van der Waals surface area contributed by atoms with Crippen LogP contribution in [0, 0.1) is 5.92 Å². The van der Waals surface area contributed by atoms with Crippen LogP contribution in [0.1, 0.15) is 46.4 Å². The summed E-state index contributed by atoms with van der Waals surface area (Å²) in [5.74, 6) is -0.648. The van der Waals surface area contributed by atoms with Crippen molar-refractivity contribution in [1.82, 2.24) is 14.8 Å². The summed E-state index contributed by atoms with van der Waals surface area (Å²) in [5.41, 5.74) is 3.41. The Morgan fingerprint density at radius 1 is 1.29 bits per heavy atom. The molecule has 0 radical (unpaired) electrons. The third-order valence-corrected chi connectivity index (χ3v) is 6.13. The van der Waals surface area contributed by atoms with Gasteiger partial charge in [-0.05, 0) is 36.1 Å². The lowest BCUT2D eigenvalue weighted by atomic mass is 9.88. The molecule has 4 rings (SSSR count). The molecule has 0 amide bonds. The van der Waals surface area contributed by atoms with Gasteiger partial charge in [-0.1, -0.05) is 36.4 Å². The van der Waals surface area contributed by atoms with Crippen molar-refractivity contribution in [2.24, 2.45) is 13.0 Å². The number of halogens is 2. The highest BCUT2D eigenvalue weighted by molar-refractivity contribution is 5.96. The van der Waals surface area contributed by atoms with Gasteiger partial charge in [-0.2, -0.15) is 5.10 Å². The molecule has 34 heavy (non-hydrogen) atoms. The summed E-state index contributed by atoms with van der Waals surface area (Å²) in [6.07, 6.45) is 0.325. The van der Waals surface area contributed by atoms with Crippen molar-refractivity contribution in [2.75, 3.05) is 13.2 Å². The molecule has 1 saturated heterocycles. The second-order valence-corrected chi connectivity index (χ2v) is 8.61. The van der Waals surface area contributed by atoms with Crippen LogP contribution in [0.15, 0.2) is 60.9 Å². The Labute approximate surface area is 196 Å². The van der Waals surface area contributed by atoms with Crippen molar-refractivity contribution in [3.63, 3.8) is 0 Å². The van der Waals surface area contributed by atoms with Crippen LogP contribution >= 0.6 is 0 Å². The van der Waals surface area contributed by atoms with Crippen molar-refractivity contribution in [3.8, 4) is 11.3 Å². The molecule has 1 aromatic carbocycles. The summed E-state index contributed by atoms with van der Waals surface area (Å²) in [5, 5.41) is 14.5. The Balaban J connectivity index is 1.51. The zero-order valence-corrected chi connectivity index (χ0v) is 19.0. The van der Waals surface area contributed by atoms with E-state index >= 15 is 0 Å². The lowest BCUT2D eigenvalue weighted by Crippen LogP contribution is -2.33. The number of hydrogen-bond acceptors (Lipinski definition) is 5. The van der Waals surface area contributed by atoms with Crippen LogP contribution in [0.2, 0.25) is 0 Å². The van der Waals surface area contributed by atoms with Crippen LogP contribution in [0.5, 0.6) is 0 Å². The van der Waals surface area contributed by atoms with E-state index in [1.165, 1.54) is 6.07 Å². The molecule has 1 unspecified atom stereocenters.